The molecule has 1 atom stereocenters. The highest BCUT2D eigenvalue weighted by molar-refractivity contribution is 5.77. The average molecular weight is 320 g/mol. The first-order valence-electron chi connectivity index (χ1n) is 7.54. The second kappa shape index (κ2) is 7.76. The van der Waals surface area contributed by atoms with Gasteiger partial charge in [0.05, 0.1) is 0 Å². The van der Waals surface area contributed by atoms with Crippen LogP contribution in [0.3, 0.4) is 0 Å². The van der Waals surface area contributed by atoms with Crippen molar-refractivity contribution in [3.8, 4) is 5.88 Å². The first kappa shape index (κ1) is 17.0. The third-order valence-electron chi connectivity index (χ3n) is 3.48. The van der Waals surface area contributed by atoms with Gasteiger partial charge in [0, 0.05) is 12.1 Å². The second-order valence-corrected chi connectivity index (χ2v) is 5.81. The predicted octanol–water partition coefficient (Wildman–Crippen LogP) is 2.88. The van der Waals surface area contributed by atoms with E-state index >= 15 is 0 Å². The maximum Gasteiger partial charge on any atom is 0.258 e. The molecule has 1 N–H and O–H groups in total. The molecule has 0 radical (unpaired) electrons. The monoisotopic (exact) mass is 320 g/mol. The number of hydrogen-bond donors (Lipinski definition) is 1. The van der Waals surface area contributed by atoms with Gasteiger partial charge in [-0.1, -0.05) is 26.0 Å². The van der Waals surface area contributed by atoms with Crippen molar-refractivity contribution in [2.45, 2.75) is 33.2 Å². The van der Waals surface area contributed by atoms with Gasteiger partial charge < -0.3 is 14.6 Å². The fourth-order valence-corrected chi connectivity index (χ4v) is 2.13. The number of rotatable bonds is 7. The Hall–Kier alpha value is -2.37. The molecular formula is C17H21FN2O3. The van der Waals surface area contributed by atoms with E-state index in [0.29, 0.717) is 12.2 Å². The van der Waals surface area contributed by atoms with Crippen LogP contribution in [0.4, 0.5) is 4.39 Å². The molecule has 0 bridgehead atoms. The van der Waals surface area contributed by atoms with Gasteiger partial charge in [0.25, 0.3) is 11.8 Å². The maximum atomic E-state index is 13.0. The Balaban J connectivity index is 1.87. The summed E-state index contributed by atoms with van der Waals surface area (Å²) in [5.74, 6) is 0.647. The Morgan fingerprint density at radius 1 is 1.35 bits per heavy atom. The van der Waals surface area contributed by atoms with Crippen molar-refractivity contribution in [2.24, 2.45) is 5.92 Å². The number of benzene rings is 1. The molecule has 1 heterocycles. The zero-order valence-electron chi connectivity index (χ0n) is 13.5. The van der Waals surface area contributed by atoms with E-state index in [1.165, 1.54) is 12.1 Å². The lowest BCUT2D eigenvalue weighted by molar-refractivity contribution is -0.124. The Kier molecular flexibility index (Phi) is 5.73. The third kappa shape index (κ3) is 5.39. The topological polar surface area (TPSA) is 64.4 Å². The van der Waals surface area contributed by atoms with Gasteiger partial charge in [0.1, 0.15) is 11.6 Å². The smallest absolute Gasteiger partial charge is 0.258 e. The third-order valence-corrected chi connectivity index (χ3v) is 3.48. The van der Waals surface area contributed by atoms with Crippen LogP contribution in [0.5, 0.6) is 5.88 Å². The molecule has 0 spiro atoms. The Labute approximate surface area is 134 Å². The van der Waals surface area contributed by atoms with Crippen LogP contribution in [0.25, 0.3) is 0 Å². The number of carbonyl (C=O) groups is 1. The summed E-state index contributed by atoms with van der Waals surface area (Å²) in [6.07, 6.45) is 0.632. The Bertz CT molecular complexity index is 638. The van der Waals surface area contributed by atoms with Crippen LogP contribution < -0.4 is 10.1 Å². The molecule has 1 unspecified atom stereocenters. The lowest BCUT2D eigenvalue weighted by Gasteiger charge is -2.22. The molecule has 2 rings (SSSR count). The van der Waals surface area contributed by atoms with Gasteiger partial charge in [-0.25, -0.2) is 4.39 Å². The maximum absolute atomic E-state index is 13.0. The van der Waals surface area contributed by atoms with E-state index in [2.05, 4.69) is 10.5 Å². The highest BCUT2D eigenvalue weighted by atomic mass is 19.1. The molecule has 2 aromatic rings. The number of nitrogens with zero attached hydrogens (tertiary/aromatic N) is 1. The van der Waals surface area contributed by atoms with E-state index in [9.17, 15) is 9.18 Å². The van der Waals surface area contributed by atoms with Crippen molar-refractivity contribution in [2.75, 3.05) is 6.61 Å². The lowest BCUT2D eigenvalue weighted by Crippen LogP contribution is -2.42. The van der Waals surface area contributed by atoms with E-state index in [4.69, 9.17) is 9.26 Å². The number of carbonyl (C=O) groups excluding carboxylic acids is 1. The van der Waals surface area contributed by atoms with Crippen molar-refractivity contribution in [3.63, 3.8) is 0 Å². The van der Waals surface area contributed by atoms with Gasteiger partial charge in [0.2, 0.25) is 0 Å². The van der Waals surface area contributed by atoms with E-state index in [1.807, 2.05) is 13.8 Å². The first-order valence-corrected chi connectivity index (χ1v) is 7.54. The van der Waals surface area contributed by atoms with Crippen molar-refractivity contribution in [1.29, 1.82) is 0 Å². The van der Waals surface area contributed by atoms with Crippen molar-refractivity contribution >= 4 is 5.91 Å². The molecule has 0 aliphatic rings. The van der Waals surface area contributed by atoms with Crippen molar-refractivity contribution in [1.82, 2.24) is 10.5 Å². The van der Waals surface area contributed by atoms with Crippen LogP contribution in [-0.4, -0.2) is 23.7 Å². The SMILES string of the molecule is Cc1cc(OCC(=O)NC(Cc2ccc(F)cc2)C(C)C)no1. The lowest BCUT2D eigenvalue weighted by atomic mass is 9.96. The quantitative estimate of drug-likeness (QED) is 0.852. The van der Waals surface area contributed by atoms with E-state index in [1.54, 1.807) is 25.1 Å². The highest BCUT2D eigenvalue weighted by Crippen LogP contribution is 2.12. The van der Waals surface area contributed by atoms with E-state index < -0.39 is 0 Å². The summed E-state index contributed by atoms with van der Waals surface area (Å²) in [6.45, 7) is 5.67. The van der Waals surface area contributed by atoms with Crippen LogP contribution in [0.15, 0.2) is 34.9 Å². The van der Waals surface area contributed by atoms with Crippen LogP contribution >= 0.6 is 0 Å². The van der Waals surface area contributed by atoms with E-state index in [0.717, 1.165) is 5.56 Å². The van der Waals surface area contributed by atoms with Gasteiger partial charge in [-0.15, -0.1) is 0 Å². The van der Waals surface area contributed by atoms with Crippen molar-refractivity contribution < 1.29 is 18.4 Å². The van der Waals surface area contributed by atoms with Crippen molar-refractivity contribution in [3.05, 3.63) is 47.5 Å². The van der Waals surface area contributed by atoms with Gasteiger partial charge in [-0.05, 0) is 42.1 Å². The summed E-state index contributed by atoms with van der Waals surface area (Å²) < 4.78 is 23.1. The Morgan fingerprint density at radius 2 is 2.04 bits per heavy atom. The predicted molar refractivity (Wildman–Crippen MR) is 83.6 cm³/mol. The zero-order valence-corrected chi connectivity index (χ0v) is 13.5. The number of aromatic nitrogens is 1. The van der Waals surface area contributed by atoms with Crippen LogP contribution in [0.2, 0.25) is 0 Å². The highest BCUT2D eigenvalue weighted by Gasteiger charge is 2.17. The number of hydrogen-bond acceptors (Lipinski definition) is 4. The molecule has 0 aliphatic carbocycles. The van der Waals surface area contributed by atoms with Gasteiger partial charge in [0.15, 0.2) is 6.61 Å². The number of ether oxygens (including phenoxy) is 1. The molecule has 0 aliphatic heterocycles. The summed E-state index contributed by atoms with van der Waals surface area (Å²) in [6, 6.07) is 7.85. The number of nitrogens with one attached hydrogen (secondary N) is 1. The minimum absolute atomic E-state index is 0.0596. The zero-order chi connectivity index (χ0) is 16.8. The van der Waals surface area contributed by atoms with Crippen LogP contribution in [0.1, 0.15) is 25.2 Å². The van der Waals surface area contributed by atoms with Gasteiger partial charge in [-0.3, -0.25) is 4.79 Å². The summed E-state index contributed by atoms with van der Waals surface area (Å²) in [4.78, 5) is 12.0. The van der Waals surface area contributed by atoms with Gasteiger partial charge in [-0.2, -0.15) is 0 Å². The molecule has 124 valence electrons. The second-order valence-electron chi connectivity index (χ2n) is 5.81. The molecular weight excluding hydrogens is 299 g/mol. The molecule has 6 heteroatoms. The average Bonchev–Trinajstić information content (AvgIpc) is 2.92. The minimum Gasteiger partial charge on any atom is -0.465 e. The summed E-state index contributed by atoms with van der Waals surface area (Å²) in [5, 5.41) is 6.61. The number of aryl methyl sites for hydroxylation is 1. The molecule has 0 saturated carbocycles. The molecule has 23 heavy (non-hydrogen) atoms. The normalized spacial score (nSPS) is 12.2. The summed E-state index contributed by atoms with van der Waals surface area (Å²) >= 11 is 0. The fourth-order valence-electron chi connectivity index (χ4n) is 2.13. The molecule has 5 nitrogen and oxygen atoms in total. The minimum atomic E-state index is -0.268. The molecule has 1 amide bonds. The van der Waals surface area contributed by atoms with Crippen LogP contribution in [-0.2, 0) is 11.2 Å². The largest absolute Gasteiger partial charge is 0.465 e. The molecule has 1 aromatic heterocycles. The summed E-state index contributed by atoms with van der Waals surface area (Å²) in [7, 11) is 0. The number of halogens is 1. The molecule has 0 saturated heterocycles. The van der Waals surface area contributed by atoms with Gasteiger partial charge >= 0.3 is 0 Å². The Morgan fingerprint density at radius 3 is 2.61 bits per heavy atom. The molecule has 0 fully saturated rings. The molecule has 1 aromatic carbocycles. The number of amides is 1. The first-order chi connectivity index (χ1) is 10.9. The van der Waals surface area contributed by atoms with E-state index in [-0.39, 0.29) is 36.2 Å². The standard InChI is InChI=1S/C17H21FN2O3/c1-11(2)15(9-13-4-6-14(18)7-5-13)19-16(21)10-22-17-8-12(3)23-20-17/h4-8,11,15H,9-10H2,1-3H3,(H,19,21). The summed E-state index contributed by atoms with van der Waals surface area (Å²) in [5.41, 5.74) is 0.971. The van der Waals surface area contributed by atoms with Crippen LogP contribution in [0, 0.1) is 18.7 Å². The fraction of sp³-hybridized carbons (Fsp3) is 0.412.